The van der Waals surface area contributed by atoms with Gasteiger partial charge in [0.05, 0.1) is 0 Å². The van der Waals surface area contributed by atoms with E-state index in [-0.39, 0.29) is 0 Å². The van der Waals surface area contributed by atoms with Gasteiger partial charge in [0.15, 0.2) is 0 Å². The Morgan fingerprint density at radius 1 is 1.00 bits per heavy atom. The zero-order chi connectivity index (χ0) is 11.5. The molecule has 0 saturated carbocycles. The number of H-pyrrole nitrogens is 1. The zero-order valence-electron chi connectivity index (χ0n) is 9.64. The summed E-state index contributed by atoms with van der Waals surface area (Å²) >= 11 is 0. The highest BCUT2D eigenvalue weighted by molar-refractivity contribution is 5.44. The summed E-state index contributed by atoms with van der Waals surface area (Å²) in [5, 5.41) is 0. The Bertz CT molecular complexity index is 532. The van der Waals surface area contributed by atoms with E-state index in [9.17, 15) is 0 Å². The number of hydrogen-bond acceptors (Lipinski definition) is 0. The van der Waals surface area contributed by atoms with E-state index in [1.165, 1.54) is 16.8 Å². The maximum Gasteiger partial charge on any atom is 0.0487 e. The van der Waals surface area contributed by atoms with Crippen LogP contribution < -0.4 is 0 Å². The number of nitrogens with one attached hydrogen (secondary N) is 1. The van der Waals surface area contributed by atoms with Crippen molar-refractivity contribution >= 4 is 0 Å². The third-order valence-corrected chi connectivity index (χ3v) is 3.20. The Hall–Kier alpha value is -2.02. The highest BCUT2D eigenvalue weighted by atomic mass is 14.7. The van der Waals surface area contributed by atoms with Crippen molar-refractivity contribution in [2.75, 3.05) is 0 Å². The summed E-state index contributed by atoms with van der Waals surface area (Å²) in [7, 11) is 0. The molecule has 0 fully saturated rings. The van der Waals surface area contributed by atoms with Crippen LogP contribution in [0.1, 0.15) is 23.6 Å². The number of benzene rings is 1. The molecule has 0 aliphatic heterocycles. The van der Waals surface area contributed by atoms with E-state index in [1.807, 2.05) is 6.20 Å². The zero-order valence-corrected chi connectivity index (χ0v) is 9.64. The number of aromatic nitrogens is 1. The molecule has 1 unspecified atom stereocenters. The quantitative estimate of drug-likeness (QED) is 0.805. The van der Waals surface area contributed by atoms with Crippen LogP contribution in [0.3, 0.4) is 0 Å². The first-order valence-electron chi connectivity index (χ1n) is 6.00. The van der Waals surface area contributed by atoms with Gasteiger partial charge in [0.2, 0.25) is 0 Å². The lowest BCUT2D eigenvalue weighted by Gasteiger charge is -2.16. The Labute approximate surface area is 102 Å². The lowest BCUT2D eigenvalue weighted by molar-refractivity contribution is 0.934. The molecule has 1 nitrogen and oxygen atoms in total. The maximum absolute atomic E-state index is 3.34. The Kier molecular flexibility index (Phi) is 2.66. The van der Waals surface area contributed by atoms with Crippen LogP contribution in [-0.4, -0.2) is 4.98 Å². The van der Waals surface area contributed by atoms with Crippen LogP contribution in [0.25, 0.3) is 0 Å². The van der Waals surface area contributed by atoms with Gasteiger partial charge in [-0.2, -0.15) is 0 Å². The third kappa shape index (κ3) is 1.96. The SMILES string of the molecule is C1=CC(C(c2ccccc2)c2ccc[nH]2)=CC1. The fraction of sp³-hybridized carbons (Fsp3) is 0.125. The van der Waals surface area contributed by atoms with Gasteiger partial charge in [-0.3, -0.25) is 0 Å². The van der Waals surface area contributed by atoms with Crippen LogP contribution in [0.2, 0.25) is 0 Å². The second-order valence-electron chi connectivity index (χ2n) is 4.31. The number of allylic oxidation sites excluding steroid dienone is 4. The summed E-state index contributed by atoms with van der Waals surface area (Å²) in [6, 6.07) is 14.9. The van der Waals surface area contributed by atoms with Crippen LogP contribution in [-0.2, 0) is 0 Å². The molecular weight excluding hydrogens is 206 g/mol. The molecule has 0 saturated heterocycles. The van der Waals surface area contributed by atoms with E-state index in [4.69, 9.17) is 0 Å². The number of aromatic amines is 1. The lowest BCUT2D eigenvalue weighted by Crippen LogP contribution is -2.03. The predicted molar refractivity (Wildman–Crippen MR) is 70.9 cm³/mol. The predicted octanol–water partition coefficient (Wildman–Crippen LogP) is 4.03. The van der Waals surface area contributed by atoms with E-state index >= 15 is 0 Å². The fourth-order valence-corrected chi connectivity index (χ4v) is 2.41. The van der Waals surface area contributed by atoms with Crippen molar-refractivity contribution in [1.29, 1.82) is 0 Å². The van der Waals surface area contributed by atoms with E-state index in [1.54, 1.807) is 0 Å². The van der Waals surface area contributed by atoms with Crippen molar-refractivity contribution in [2.24, 2.45) is 0 Å². The molecule has 0 radical (unpaired) electrons. The molecule has 1 heterocycles. The molecule has 3 rings (SSSR count). The molecule has 1 aromatic heterocycles. The molecule has 84 valence electrons. The first-order valence-corrected chi connectivity index (χ1v) is 6.00. The summed E-state index contributed by atoms with van der Waals surface area (Å²) in [5.74, 6) is 0.338. The second kappa shape index (κ2) is 4.46. The van der Waals surface area contributed by atoms with E-state index in [0.717, 1.165) is 6.42 Å². The highest BCUT2D eigenvalue weighted by Crippen LogP contribution is 2.33. The molecule has 0 amide bonds. The minimum atomic E-state index is 0.338. The van der Waals surface area contributed by atoms with Crippen molar-refractivity contribution in [2.45, 2.75) is 12.3 Å². The molecule has 1 aliphatic carbocycles. The van der Waals surface area contributed by atoms with Crippen LogP contribution >= 0.6 is 0 Å². The van der Waals surface area contributed by atoms with Gasteiger partial charge >= 0.3 is 0 Å². The molecule has 1 aromatic carbocycles. The largest absolute Gasteiger partial charge is 0.364 e. The molecule has 2 aromatic rings. The van der Waals surface area contributed by atoms with Crippen molar-refractivity contribution in [3.8, 4) is 0 Å². The topological polar surface area (TPSA) is 15.8 Å². The lowest BCUT2D eigenvalue weighted by atomic mass is 9.89. The molecule has 17 heavy (non-hydrogen) atoms. The summed E-state index contributed by atoms with van der Waals surface area (Å²) in [4.78, 5) is 3.34. The molecule has 1 atom stereocenters. The molecule has 1 heteroatoms. The van der Waals surface area contributed by atoms with Gasteiger partial charge in [-0.05, 0) is 29.7 Å². The Morgan fingerprint density at radius 3 is 2.53 bits per heavy atom. The minimum Gasteiger partial charge on any atom is -0.364 e. The second-order valence-corrected chi connectivity index (χ2v) is 4.31. The monoisotopic (exact) mass is 221 g/mol. The third-order valence-electron chi connectivity index (χ3n) is 3.20. The van der Waals surface area contributed by atoms with Crippen molar-refractivity contribution in [3.63, 3.8) is 0 Å². The van der Waals surface area contributed by atoms with Crippen LogP contribution in [0.15, 0.2) is 72.5 Å². The van der Waals surface area contributed by atoms with Gasteiger partial charge in [0, 0.05) is 17.8 Å². The average molecular weight is 221 g/mol. The molecular formula is C16H15N. The van der Waals surface area contributed by atoms with Gasteiger partial charge < -0.3 is 4.98 Å². The van der Waals surface area contributed by atoms with Crippen LogP contribution in [0, 0.1) is 0 Å². The van der Waals surface area contributed by atoms with Gasteiger partial charge in [-0.25, -0.2) is 0 Å². The first kappa shape index (κ1) is 10.2. The Morgan fingerprint density at radius 2 is 1.88 bits per heavy atom. The van der Waals surface area contributed by atoms with Gasteiger partial charge in [0.25, 0.3) is 0 Å². The average Bonchev–Trinajstić information content (AvgIpc) is 3.04. The van der Waals surface area contributed by atoms with E-state index in [2.05, 4.69) is 65.7 Å². The normalized spacial score (nSPS) is 15.9. The number of hydrogen-bond donors (Lipinski definition) is 1. The maximum atomic E-state index is 3.34. The summed E-state index contributed by atoms with van der Waals surface area (Å²) in [6.45, 7) is 0. The highest BCUT2D eigenvalue weighted by Gasteiger charge is 2.18. The standard InChI is InChI=1S/C16H15N/c1-2-7-13(8-3-1)16(14-9-4-5-10-14)15-11-6-12-17-15/h1-4,6-12,16-17H,5H2. The van der Waals surface area contributed by atoms with Gasteiger partial charge in [-0.1, -0.05) is 48.6 Å². The smallest absolute Gasteiger partial charge is 0.0487 e. The molecule has 1 N–H and O–H groups in total. The van der Waals surface area contributed by atoms with Crippen LogP contribution in [0.4, 0.5) is 0 Å². The van der Waals surface area contributed by atoms with Crippen molar-refractivity contribution < 1.29 is 0 Å². The van der Waals surface area contributed by atoms with Gasteiger partial charge in [-0.15, -0.1) is 0 Å². The fourth-order valence-electron chi connectivity index (χ4n) is 2.41. The van der Waals surface area contributed by atoms with Crippen molar-refractivity contribution in [1.82, 2.24) is 4.98 Å². The summed E-state index contributed by atoms with van der Waals surface area (Å²) < 4.78 is 0. The summed E-state index contributed by atoms with van der Waals surface area (Å²) in [6.07, 6.45) is 9.80. The molecule has 0 bridgehead atoms. The van der Waals surface area contributed by atoms with E-state index in [0.29, 0.717) is 5.92 Å². The summed E-state index contributed by atoms with van der Waals surface area (Å²) in [5.41, 5.74) is 3.99. The number of rotatable bonds is 3. The van der Waals surface area contributed by atoms with E-state index < -0.39 is 0 Å². The minimum absolute atomic E-state index is 0.338. The van der Waals surface area contributed by atoms with Crippen molar-refractivity contribution in [3.05, 3.63) is 83.7 Å². The van der Waals surface area contributed by atoms with Crippen LogP contribution in [0.5, 0.6) is 0 Å². The first-order chi connectivity index (χ1) is 8.45. The molecule has 0 spiro atoms. The molecule has 1 aliphatic rings. The van der Waals surface area contributed by atoms with Gasteiger partial charge in [0.1, 0.15) is 0 Å². The Balaban J connectivity index is 2.06.